The van der Waals surface area contributed by atoms with Crippen molar-refractivity contribution in [2.75, 3.05) is 6.61 Å². The maximum atomic E-state index is 12.5. The van der Waals surface area contributed by atoms with Gasteiger partial charge in [0.25, 0.3) is 5.56 Å². The third kappa shape index (κ3) is 3.42. The third-order valence-corrected chi connectivity index (χ3v) is 5.35. The van der Waals surface area contributed by atoms with Gasteiger partial charge in [0.15, 0.2) is 11.9 Å². The summed E-state index contributed by atoms with van der Waals surface area (Å²) in [6.07, 6.45) is -0.827. The molecule has 0 amide bonds. The van der Waals surface area contributed by atoms with E-state index in [-0.39, 0.29) is 18.0 Å². The summed E-state index contributed by atoms with van der Waals surface area (Å²) in [5.74, 6) is -0.600. The van der Waals surface area contributed by atoms with Crippen LogP contribution in [0.2, 0.25) is 0 Å². The van der Waals surface area contributed by atoms with Crippen molar-refractivity contribution in [1.29, 1.82) is 0 Å². The van der Waals surface area contributed by atoms with Crippen molar-refractivity contribution in [2.45, 2.75) is 40.7 Å². The first-order valence-electron chi connectivity index (χ1n) is 8.58. The predicted octanol–water partition coefficient (Wildman–Crippen LogP) is 2.99. The number of esters is 2. The van der Waals surface area contributed by atoms with E-state index in [2.05, 4.69) is 15.1 Å². The number of rotatable bonds is 5. The number of hydrogen-bond donors (Lipinski definition) is 1. The minimum absolute atomic E-state index is 0.175. The van der Waals surface area contributed by atoms with E-state index in [1.165, 1.54) is 0 Å². The lowest BCUT2D eigenvalue weighted by Crippen LogP contribution is -2.17. The molecule has 9 nitrogen and oxygen atoms in total. The Labute approximate surface area is 163 Å². The number of nitrogens with one attached hydrogen (secondary N) is 1. The number of aryl methyl sites for hydroxylation is 3. The minimum Gasteiger partial charge on any atom is -0.462 e. The van der Waals surface area contributed by atoms with Crippen LogP contribution in [0.4, 0.5) is 0 Å². The lowest BCUT2D eigenvalue weighted by Gasteiger charge is -2.12. The van der Waals surface area contributed by atoms with Gasteiger partial charge in [0.05, 0.1) is 17.7 Å². The summed E-state index contributed by atoms with van der Waals surface area (Å²) in [5.41, 5.74) is 0.759. The number of carbonyl (C=O) groups excluding carboxylic acids is 2. The molecule has 0 saturated carbocycles. The maximum absolute atomic E-state index is 12.5. The number of aromatic nitrogens is 3. The zero-order valence-electron chi connectivity index (χ0n) is 16.0. The second-order valence-electron chi connectivity index (χ2n) is 6.15. The molecule has 0 fully saturated rings. The van der Waals surface area contributed by atoms with Gasteiger partial charge in [-0.15, -0.1) is 11.3 Å². The molecule has 0 aliphatic carbocycles. The van der Waals surface area contributed by atoms with E-state index in [0.29, 0.717) is 32.1 Å². The molecule has 3 aromatic heterocycles. The number of carbonyl (C=O) groups is 2. The van der Waals surface area contributed by atoms with Crippen LogP contribution in [0.5, 0.6) is 0 Å². The average Bonchev–Trinajstić information content (AvgIpc) is 3.14. The SMILES string of the molecule is CCOC(=O)c1sc2nc([C@H](C)OC(=O)c3c(C)noc3C)[nH]c(=O)c2c1C. The fourth-order valence-electron chi connectivity index (χ4n) is 2.79. The summed E-state index contributed by atoms with van der Waals surface area (Å²) in [5, 5.41) is 4.05. The van der Waals surface area contributed by atoms with Crippen molar-refractivity contribution in [1.82, 2.24) is 15.1 Å². The summed E-state index contributed by atoms with van der Waals surface area (Å²) in [4.78, 5) is 44.7. The topological polar surface area (TPSA) is 124 Å². The molecule has 0 unspecified atom stereocenters. The molecule has 10 heteroatoms. The predicted molar refractivity (Wildman–Crippen MR) is 101 cm³/mol. The molecule has 0 spiro atoms. The summed E-state index contributed by atoms with van der Waals surface area (Å²) in [6, 6.07) is 0. The first-order valence-corrected chi connectivity index (χ1v) is 9.40. The Kier molecular flexibility index (Phi) is 5.32. The fourth-order valence-corrected chi connectivity index (χ4v) is 3.88. The first kappa shape index (κ1) is 19.7. The van der Waals surface area contributed by atoms with Crippen LogP contribution in [0.1, 0.15) is 62.8 Å². The highest BCUT2D eigenvalue weighted by molar-refractivity contribution is 7.20. The smallest absolute Gasteiger partial charge is 0.348 e. The molecule has 0 aliphatic heterocycles. The van der Waals surface area contributed by atoms with Gasteiger partial charge >= 0.3 is 11.9 Å². The Morgan fingerprint density at radius 2 is 1.96 bits per heavy atom. The largest absolute Gasteiger partial charge is 0.462 e. The number of ether oxygens (including phenoxy) is 2. The van der Waals surface area contributed by atoms with E-state index in [0.717, 1.165) is 11.3 Å². The van der Waals surface area contributed by atoms with Gasteiger partial charge in [0.1, 0.15) is 21.0 Å². The van der Waals surface area contributed by atoms with Crippen LogP contribution in [0, 0.1) is 20.8 Å². The quantitative estimate of drug-likeness (QED) is 0.642. The molecule has 0 aliphatic rings. The molecule has 0 saturated heterocycles. The second kappa shape index (κ2) is 7.55. The van der Waals surface area contributed by atoms with E-state index in [1.807, 2.05) is 0 Å². The molecule has 1 N–H and O–H groups in total. The van der Waals surface area contributed by atoms with E-state index in [1.54, 1.807) is 34.6 Å². The molecular formula is C18H19N3O6S. The number of thiophene rings is 1. The van der Waals surface area contributed by atoms with Crippen molar-refractivity contribution < 1.29 is 23.6 Å². The van der Waals surface area contributed by atoms with Gasteiger partial charge in [-0.05, 0) is 40.2 Å². The van der Waals surface area contributed by atoms with Crippen molar-refractivity contribution >= 4 is 33.5 Å². The number of nitrogens with zero attached hydrogens (tertiary/aromatic N) is 2. The molecule has 3 aromatic rings. The Hall–Kier alpha value is -3.01. The normalized spacial score (nSPS) is 12.2. The molecule has 0 bridgehead atoms. The van der Waals surface area contributed by atoms with Gasteiger partial charge in [0.2, 0.25) is 0 Å². The van der Waals surface area contributed by atoms with Gasteiger partial charge < -0.3 is 19.0 Å². The molecule has 3 rings (SSSR count). The van der Waals surface area contributed by atoms with Gasteiger partial charge in [-0.25, -0.2) is 14.6 Å². The van der Waals surface area contributed by atoms with Crippen molar-refractivity contribution in [3.8, 4) is 0 Å². The van der Waals surface area contributed by atoms with Gasteiger partial charge in [-0.1, -0.05) is 5.16 Å². The lowest BCUT2D eigenvalue weighted by molar-refractivity contribution is 0.0317. The molecule has 0 radical (unpaired) electrons. The summed E-state index contributed by atoms with van der Waals surface area (Å²) >= 11 is 1.07. The molecule has 3 heterocycles. The first-order chi connectivity index (χ1) is 13.2. The van der Waals surface area contributed by atoms with Crippen molar-refractivity contribution in [3.05, 3.63) is 43.6 Å². The maximum Gasteiger partial charge on any atom is 0.348 e. The molecule has 0 aromatic carbocycles. The van der Waals surface area contributed by atoms with Crippen molar-refractivity contribution in [2.24, 2.45) is 0 Å². The lowest BCUT2D eigenvalue weighted by atomic mass is 10.2. The summed E-state index contributed by atoms with van der Waals surface area (Å²) in [7, 11) is 0. The highest BCUT2D eigenvalue weighted by Gasteiger charge is 2.25. The van der Waals surface area contributed by atoms with Gasteiger partial charge in [-0.2, -0.15) is 0 Å². The third-order valence-electron chi connectivity index (χ3n) is 4.19. The highest BCUT2D eigenvalue weighted by atomic mass is 32.1. The van der Waals surface area contributed by atoms with Crippen LogP contribution in [0.25, 0.3) is 10.2 Å². The van der Waals surface area contributed by atoms with Crippen LogP contribution in [-0.2, 0) is 9.47 Å². The Morgan fingerprint density at radius 1 is 1.25 bits per heavy atom. The Bertz CT molecular complexity index is 1110. The van der Waals surface area contributed by atoms with E-state index >= 15 is 0 Å². The monoisotopic (exact) mass is 405 g/mol. The second-order valence-corrected chi connectivity index (χ2v) is 7.15. The number of aromatic amines is 1. The average molecular weight is 405 g/mol. The van der Waals surface area contributed by atoms with E-state index < -0.39 is 23.6 Å². The van der Waals surface area contributed by atoms with Crippen LogP contribution in [-0.4, -0.2) is 33.7 Å². The number of fused-ring (bicyclic) bond motifs is 1. The fraction of sp³-hybridized carbons (Fsp3) is 0.389. The zero-order chi connectivity index (χ0) is 20.6. The Balaban J connectivity index is 1.94. The van der Waals surface area contributed by atoms with Crippen LogP contribution >= 0.6 is 11.3 Å². The number of H-pyrrole nitrogens is 1. The standard InChI is InChI=1S/C18H19N3O6S/c1-6-25-18(24)13-7(2)11-15(22)19-14(20-16(11)28-13)10(5)26-17(23)12-8(3)21-27-9(12)4/h10H,6H2,1-5H3,(H,19,20,22)/t10-/m0/s1. The number of hydrogen-bond acceptors (Lipinski definition) is 9. The minimum atomic E-state index is -0.827. The molecule has 1 atom stereocenters. The highest BCUT2D eigenvalue weighted by Crippen LogP contribution is 2.29. The molecular weight excluding hydrogens is 386 g/mol. The summed E-state index contributed by atoms with van der Waals surface area (Å²) < 4.78 is 15.4. The van der Waals surface area contributed by atoms with Gasteiger partial charge in [-0.3, -0.25) is 4.79 Å². The van der Waals surface area contributed by atoms with Crippen molar-refractivity contribution in [3.63, 3.8) is 0 Å². The van der Waals surface area contributed by atoms with Crippen LogP contribution in [0.15, 0.2) is 9.32 Å². The van der Waals surface area contributed by atoms with E-state index in [9.17, 15) is 14.4 Å². The summed E-state index contributed by atoms with van der Waals surface area (Å²) in [6.45, 7) is 8.44. The van der Waals surface area contributed by atoms with E-state index in [4.69, 9.17) is 14.0 Å². The van der Waals surface area contributed by atoms with Gasteiger partial charge in [0, 0.05) is 0 Å². The van der Waals surface area contributed by atoms with Crippen LogP contribution < -0.4 is 5.56 Å². The van der Waals surface area contributed by atoms with Crippen LogP contribution in [0.3, 0.4) is 0 Å². The molecule has 148 valence electrons. The Morgan fingerprint density at radius 3 is 2.57 bits per heavy atom. The zero-order valence-corrected chi connectivity index (χ0v) is 16.9. The molecule has 28 heavy (non-hydrogen) atoms.